The molecule has 0 rings (SSSR count). The van der Waals surface area contributed by atoms with Crippen molar-refractivity contribution >= 4 is 5.97 Å². The van der Waals surface area contributed by atoms with Crippen LogP contribution >= 0.6 is 0 Å². The van der Waals surface area contributed by atoms with E-state index in [1.165, 1.54) is 44.9 Å². The molecule has 0 spiro atoms. The van der Waals surface area contributed by atoms with Crippen LogP contribution in [0.3, 0.4) is 0 Å². The number of hydrogen-bond donors (Lipinski definition) is 1. The Morgan fingerprint density at radius 1 is 0.963 bits per heavy atom. The zero-order valence-electron chi connectivity index (χ0n) is 17.7. The van der Waals surface area contributed by atoms with Crippen molar-refractivity contribution in [1.82, 2.24) is 0 Å². The second kappa shape index (κ2) is 17.9. The van der Waals surface area contributed by atoms with Gasteiger partial charge in [0.15, 0.2) is 0 Å². The Kier molecular flexibility index (Phi) is 16.9. The Balaban J connectivity index is 3.85. The van der Waals surface area contributed by atoms with Crippen LogP contribution in [0.15, 0.2) is 23.8 Å². The molecule has 0 saturated carbocycles. The first-order valence-electron chi connectivity index (χ1n) is 10.7. The largest absolute Gasteiger partial charge is 0.460 e. The van der Waals surface area contributed by atoms with Crippen molar-refractivity contribution in [1.29, 1.82) is 0 Å². The van der Waals surface area contributed by atoms with Crippen LogP contribution in [-0.2, 0) is 9.53 Å². The van der Waals surface area contributed by atoms with Crippen molar-refractivity contribution in [3.63, 3.8) is 0 Å². The van der Waals surface area contributed by atoms with Crippen molar-refractivity contribution < 1.29 is 14.6 Å². The lowest BCUT2D eigenvalue weighted by Crippen LogP contribution is -2.21. The zero-order chi connectivity index (χ0) is 20.3. The summed E-state index contributed by atoms with van der Waals surface area (Å²) in [6.45, 7) is 5.80. The van der Waals surface area contributed by atoms with Crippen molar-refractivity contribution in [3.8, 4) is 12.3 Å². The molecule has 27 heavy (non-hydrogen) atoms. The van der Waals surface area contributed by atoms with Crippen LogP contribution in [0.4, 0.5) is 0 Å². The lowest BCUT2D eigenvalue weighted by Gasteiger charge is -2.12. The van der Waals surface area contributed by atoms with E-state index in [0.29, 0.717) is 0 Å². The molecule has 0 aliphatic carbocycles. The van der Waals surface area contributed by atoms with E-state index in [2.05, 4.69) is 25.0 Å². The number of allylic oxidation sites excluding steroid dienone is 3. The molecule has 0 aromatic rings. The fraction of sp³-hybridized carbons (Fsp3) is 0.708. The van der Waals surface area contributed by atoms with Crippen LogP contribution in [0.1, 0.15) is 97.8 Å². The number of hydrogen-bond acceptors (Lipinski definition) is 3. The van der Waals surface area contributed by atoms with Gasteiger partial charge in [0, 0.05) is 0 Å². The van der Waals surface area contributed by atoms with Crippen LogP contribution < -0.4 is 0 Å². The summed E-state index contributed by atoms with van der Waals surface area (Å²) in [4.78, 5) is 12.0. The summed E-state index contributed by atoms with van der Waals surface area (Å²) in [6, 6.07) is 0. The molecule has 0 fully saturated rings. The second-order valence-corrected chi connectivity index (χ2v) is 7.35. The minimum atomic E-state index is -1.19. The molecule has 1 atom stereocenters. The summed E-state index contributed by atoms with van der Waals surface area (Å²) in [5.74, 6) is 1.68. The number of unbranched alkanes of at least 4 members (excludes halogenated alkanes) is 10. The van der Waals surface area contributed by atoms with E-state index >= 15 is 0 Å². The molecular weight excluding hydrogens is 336 g/mol. The van der Waals surface area contributed by atoms with Gasteiger partial charge in [-0.2, -0.15) is 0 Å². The van der Waals surface area contributed by atoms with Gasteiger partial charge in [-0.05, 0) is 52.4 Å². The topological polar surface area (TPSA) is 46.5 Å². The lowest BCUT2D eigenvalue weighted by atomic mass is 10.1. The van der Waals surface area contributed by atoms with Gasteiger partial charge in [-0.3, -0.25) is 0 Å². The Bertz CT molecular complexity index is 469. The first kappa shape index (κ1) is 25.5. The van der Waals surface area contributed by atoms with Crippen molar-refractivity contribution in [3.05, 3.63) is 23.8 Å². The summed E-state index contributed by atoms with van der Waals surface area (Å²) < 4.78 is 5.13. The number of aliphatic hydroxyl groups excluding tert-OH is 1. The van der Waals surface area contributed by atoms with Gasteiger partial charge in [-0.1, -0.05) is 69.6 Å². The van der Waals surface area contributed by atoms with Crippen LogP contribution in [0.5, 0.6) is 0 Å². The van der Waals surface area contributed by atoms with E-state index in [1.54, 1.807) is 19.9 Å². The molecule has 0 aliphatic rings. The van der Waals surface area contributed by atoms with Crippen molar-refractivity contribution in [2.75, 3.05) is 0 Å². The number of terminal acetylenes is 1. The normalized spacial score (nSPS) is 13.1. The molecule has 3 nitrogen and oxygen atoms in total. The monoisotopic (exact) mass is 376 g/mol. The molecule has 0 bridgehead atoms. The molecular formula is C24H40O3. The maximum atomic E-state index is 12.0. The number of esters is 1. The molecule has 0 unspecified atom stereocenters. The van der Waals surface area contributed by atoms with Gasteiger partial charge < -0.3 is 9.84 Å². The highest BCUT2D eigenvalue weighted by atomic mass is 16.5. The fourth-order valence-electron chi connectivity index (χ4n) is 2.80. The predicted octanol–water partition coefficient (Wildman–Crippen LogP) is 6.12. The quantitative estimate of drug-likeness (QED) is 0.116. The van der Waals surface area contributed by atoms with Gasteiger partial charge in [0.1, 0.15) is 6.10 Å². The minimum Gasteiger partial charge on any atom is -0.460 e. The Morgan fingerprint density at radius 2 is 1.48 bits per heavy atom. The number of aliphatic hydroxyl groups is 1. The minimum absolute atomic E-state index is 0.185. The van der Waals surface area contributed by atoms with Crippen molar-refractivity contribution in [2.45, 2.75) is 110 Å². The second-order valence-electron chi connectivity index (χ2n) is 7.35. The Hall–Kier alpha value is -1.53. The molecule has 0 aliphatic heterocycles. The molecule has 3 heteroatoms. The summed E-state index contributed by atoms with van der Waals surface area (Å²) in [7, 11) is 0. The molecule has 1 N–H and O–H groups in total. The van der Waals surface area contributed by atoms with Gasteiger partial charge in [0.2, 0.25) is 0 Å². The summed E-state index contributed by atoms with van der Waals surface area (Å²) in [5, 5.41) is 9.79. The van der Waals surface area contributed by atoms with Crippen LogP contribution in [0, 0.1) is 12.3 Å². The molecule has 0 aromatic carbocycles. The average molecular weight is 377 g/mol. The summed E-state index contributed by atoms with van der Waals surface area (Å²) in [6.07, 6.45) is 24.5. The fourth-order valence-corrected chi connectivity index (χ4v) is 2.80. The third-order valence-corrected chi connectivity index (χ3v) is 4.36. The molecule has 0 radical (unpaired) electrons. The van der Waals surface area contributed by atoms with E-state index in [0.717, 1.165) is 32.1 Å². The third kappa shape index (κ3) is 15.2. The highest BCUT2D eigenvalue weighted by Gasteiger charge is 2.18. The van der Waals surface area contributed by atoms with E-state index < -0.39 is 12.1 Å². The highest BCUT2D eigenvalue weighted by Crippen LogP contribution is 2.12. The Labute approximate surface area is 167 Å². The van der Waals surface area contributed by atoms with Crippen molar-refractivity contribution in [2.24, 2.45) is 0 Å². The van der Waals surface area contributed by atoms with Crippen LogP contribution in [-0.4, -0.2) is 23.3 Å². The third-order valence-electron chi connectivity index (χ3n) is 4.36. The summed E-state index contributed by atoms with van der Waals surface area (Å²) in [5.41, 5.74) is 0.185. The highest BCUT2D eigenvalue weighted by molar-refractivity contribution is 5.90. The maximum absolute atomic E-state index is 12.0. The molecule has 0 saturated heterocycles. The first-order valence-corrected chi connectivity index (χ1v) is 10.7. The van der Waals surface area contributed by atoms with Gasteiger partial charge in [-0.15, -0.1) is 6.42 Å². The van der Waals surface area contributed by atoms with Gasteiger partial charge in [-0.25, -0.2) is 4.79 Å². The average Bonchev–Trinajstić information content (AvgIpc) is 2.63. The number of carbonyl (C=O) groups excluding carboxylic acids is 1. The van der Waals surface area contributed by atoms with Gasteiger partial charge in [0.25, 0.3) is 0 Å². The molecule has 0 amide bonds. The summed E-state index contributed by atoms with van der Waals surface area (Å²) >= 11 is 0. The SMILES string of the molecule is C#C[C@@H](O)/C(=C\CCCCC/C=C\CCCCCCCC)C(=O)OC(C)C. The maximum Gasteiger partial charge on any atom is 0.337 e. The van der Waals surface area contributed by atoms with E-state index in [1.807, 2.05) is 0 Å². The van der Waals surface area contributed by atoms with Gasteiger partial charge >= 0.3 is 5.97 Å². The Morgan fingerprint density at radius 3 is 2.04 bits per heavy atom. The number of carbonyl (C=O) groups is 1. The van der Waals surface area contributed by atoms with Crippen LogP contribution in [0.25, 0.3) is 0 Å². The smallest absolute Gasteiger partial charge is 0.337 e. The van der Waals surface area contributed by atoms with E-state index in [4.69, 9.17) is 11.2 Å². The zero-order valence-corrected chi connectivity index (χ0v) is 17.7. The number of ether oxygens (including phenoxy) is 1. The first-order chi connectivity index (χ1) is 13.0. The standard InChI is InChI=1S/C24H40O3/c1-5-7-8-9-10-11-12-13-14-15-16-17-18-19-20-22(23(25)6-2)24(26)27-21(3)4/h2,13-14,20-21,23,25H,5,7-12,15-19H2,1,3-4H3/b14-13-,22-20+/t23-/m1/s1. The molecule has 0 aromatic heterocycles. The lowest BCUT2D eigenvalue weighted by molar-refractivity contribution is -0.143. The predicted molar refractivity (Wildman–Crippen MR) is 114 cm³/mol. The number of rotatable bonds is 16. The van der Waals surface area contributed by atoms with Crippen LogP contribution in [0.2, 0.25) is 0 Å². The molecule has 154 valence electrons. The van der Waals surface area contributed by atoms with Gasteiger partial charge in [0.05, 0.1) is 11.7 Å². The van der Waals surface area contributed by atoms with E-state index in [-0.39, 0.29) is 11.7 Å². The molecule has 0 heterocycles. The van der Waals surface area contributed by atoms with E-state index in [9.17, 15) is 9.90 Å².